The monoisotopic (exact) mass is 440 g/mol. The highest BCUT2D eigenvalue weighted by atomic mass is 32.2. The molecule has 11 nitrogen and oxygen atoms in total. The summed E-state index contributed by atoms with van der Waals surface area (Å²) in [5, 5.41) is 16.5. The van der Waals surface area contributed by atoms with Crippen molar-refractivity contribution in [3.63, 3.8) is 0 Å². The van der Waals surface area contributed by atoms with E-state index in [-0.39, 0.29) is 12.1 Å². The molecule has 168 valence electrons. The number of nitrogens with zero attached hydrogens (tertiary/aromatic N) is 5. The minimum absolute atomic E-state index is 0.0881. The van der Waals surface area contributed by atoms with E-state index in [0.717, 1.165) is 6.42 Å². The van der Waals surface area contributed by atoms with Gasteiger partial charge in [-0.3, -0.25) is 0 Å². The molecule has 2 aromatic heterocycles. The Labute approximate surface area is 177 Å². The van der Waals surface area contributed by atoms with Gasteiger partial charge in [0.2, 0.25) is 5.95 Å². The summed E-state index contributed by atoms with van der Waals surface area (Å²) in [6.45, 7) is 9.33. The molecule has 3 heterocycles. The third-order valence-corrected chi connectivity index (χ3v) is 6.96. The molecule has 0 bridgehead atoms. The first-order valence-electron chi connectivity index (χ1n) is 10.5. The van der Waals surface area contributed by atoms with E-state index in [4.69, 9.17) is 0 Å². The number of aromatic nitrogens is 4. The van der Waals surface area contributed by atoms with Crippen LogP contribution in [0, 0.1) is 0 Å². The Kier molecular flexibility index (Phi) is 7.11. The minimum Gasteiger partial charge on any atom is -0.391 e. The smallest absolute Gasteiger partial charge is 0.279 e. The molecule has 1 fully saturated rings. The zero-order valence-corrected chi connectivity index (χ0v) is 18.8. The third-order valence-electron chi connectivity index (χ3n) is 5.30. The topological polar surface area (TPSA) is 137 Å². The molecule has 0 radical (unpaired) electrons. The van der Waals surface area contributed by atoms with Gasteiger partial charge in [-0.15, -0.1) is 0 Å². The summed E-state index contributed by atoms with van der Waals surface area (Å²) in [6, 6.07) is -0.268. The molecule has 3 rings (SSSR count). The molecule has 1 saturated heterocycles. The van der Waals surface area contributed by atoms with Crippen LogP contribution in [0.15, 0.2) is 6.33 Å². The van der Waals surface area contributed by atoms with Gasteiger partial charge in [-0.25, -0.2) is 9.71 Å². The maximum absolute atomic E-state index is 12.3. The average molecular weight is 441 g/mol. The standard InChI is InChI=1S/C18H32N8O3S/c1-5-14(12(4)27)22-18-23-16(15-17(24-18)25(7-3)11-19-15)21-13-8-9-26(10-13)30(28,29)20-6-2/h11-14,20,27H,5-10H2,1-4H3,(H2,21,22,23,24)/t12-,13?,14+/m0/s1. The molecule has 1 aliphatic heterocycles. The zero-order valence-electron chi connectivity index (χ0n) is 18.0. The predicted octanol–water partition coefficient (Wildman–Crippen LogP) is 0.758. The maximum atomic E-state index is 12.3. The number of hydrogen-bond donors (Lipinski definition) is 4. The van der Waals surface area contributed by atoms with Crippen molar-refractivity contribution in [2.45, 2.75) is 65.3 Å². The molecule has 12 heteroatoms. The summed E-state index contributed by atoms with van der Waals surface area (Å²) >= 11 is 0. The first-order chi connectivity index (χ1) is 14.3. The van der Waals surface area contributed by atoms with Crippen LogP contribution in [0.3, 0.4) is 0 Å². The van der Waals surface area contributed by atoms with Gasteiger partial charge in [-0.2, -0.15) is 22.7 Å². The fourth-order valence-corrected chi connectivity index (χ4v) is 4.87. The quantitative estimate of drug-likeness (QED) is 0.425. The third kappa shape index (κ3) is 4.82. The highest BCUT2D eigenvalue weighted by Crippen LogP contribution is 2.25. The van der Waals surface area contributed by atoms with E-state index in [1.54, 1.807) is 20.2 Å². The predicted molar refractivity (Wildman–Crippen MR) is 117 cm³/mol. The Morgan fingerprint density at radius 2 is 2.07 bits per heavy atom. The Balaban J connectivity index is 1.87. The van der Waals surface area contributed by atoms with Crippen LogP contribution in [0.1, 0.15) is 40.5 Å². The van der Waals surface area contributed by atoms with E-state index in [1.807, 2.05) is 18.4 Å². The van der Waals surface area contributed by atoms with Crippen LogP contribution in [-0.4, -0.2) is 75.2 Å². The fourth-order valence-electron chi connectivity index (χ4n) is 3.60. The van der Waals surface area contributed by atoms with Crippen molar-refractivity contribution >= 4 is 33.1 Å². The van der Waals surface area contributed by atoms with Crippen molar-refractivity contribution in [1.29, 1.82) is 0 Å². The van der Waals surface area contributed by atoms with E-state index < -0.39 is 16.3 Å². The SMILES string of the molecule is CCNS(=O)(=O)N1CCC(Nc2nc(N[C@H](CC)[C@H](C)O)nc3c2ncn3CC)C1. The highest BCUT2D eigenvalue weighted by molar-refractivity contribution is 7.87. The molecule has 0 amide bonds. The Bertz CT molecular complexity index is 962. The van der Waals surface area contributed by atoms with Gasteiger partial charge in [0.15, 0.2) is 17.0 Å². The molecule has 3 atom stereocenters. The van der Waals surface area contributed by atoms with Crippen LogP contribution < -0.4 is 15.4 Å². The van der Waals surface area contributed by atoms with Crippen LogP contribution in [0.2, 0.25) is 0 Å². The second-order valence-corrected chi connectivity index (χ2v) is 9.24. The Morgan fingerprint density at radius 1 is 1.30 bits per heavy atom. The lowest BCUT2D eigenvalue weighted by Crippen LogP contribution is -2.40. The maximum Gasteiger partial charge on any atom is 0.279 e. The molecular formula is C18H32N8O3S. The van der Waals surface area contributed by atoms with Gasteiger partial charge in [0.25, 0.3) is 10.2 Å². The number of rotatable bonds is 10. The second kappa shape index (κ2) is 9.41. The largest absolute Gasteiger partial charge is 0.391 e. The molecule has 1 unspecified atom stereocenters. The number of aryl methyl sites for hydroxylation is 1. The molecular weight excluding hydrogens is 408 g/mol. The lowest BCUT2D eigenvalue weighted by molar-refractivity contribution is 0.169. The summed E-state index contributed by atoms with van der Waals surface area (Å²) in [5.41, 5.74) is 1.33. The summed E-state index contributed by atoms with van der Waals surface area (Å²) in [6.07, 6.45) is 2.55. The summed E-state index contributed by atoms with van der Waals surface area (Å²) in [4.78, 5) is 13.7. The summed E-state index contributed by atoms with van der Waals surface area (Å²) in [5.74, 6) is 0.964. The number of aliphatic hydroxyl groups is 1. The van der Waals surface area contributed by atoms with Crippen molar-refractivity contribution in [2.24, 2.45) is 0 Å². The highest BCUT2D eigenvalue weighted by Gasteiger charge is 2.31. The Morgan fingerprint density at radius 3 is 2.70 bits per heavy atom. The van der Waals surface area contributed by atoms with Gasteiger partial charge in [0, 0.05) is 32.2 Å². The molecule has 0 spiro atoms. The average Bonchev–Trinajstić information content (AvgIpc) is 3.33. The van der Waals surface area contributed by atoms with E-state index in [2.05, 4.69) is 30.3 Å². The van der Waals surface area contributed by atoms with Crippen LogP contribution in [0.4, 0.5) is 11.8 Å². The van der Waals surface area contributed by atoms with Crippen LogP contribution in [0.25, 0.3) is 11.2 Å². The van der Waals surface area contributed by atoms with Crippen LogP contribution in [-0.2, 0) is 16.8 Å². The van der Waals surface area contributed by atoms with Crippen molar-refractivity contribution in [1.82, 2.24) is 28.5 Å². The molecule has 0 aliphatic carbocycles. The van der Waals surface area contributed by atoms with Gasteiger partial charge in [0.1, 0.15) is 0 Å². The normalized spacial score (nSPS) is 19.8. The second-order valence-electron chi connectivity index (χ2n) is 7.49. The minimum atomic E-state index is -3.46. The number of fused-ring (bicyclic) bond motifs is 1. The molecule has 0 aromatic carbocycles. The number of imidazole rings is 1. The zero-order chi connectivity index (χ0) is 21.9. The van der Waals surface area contributed by atoms with Crippen LogP contribution >= 0.6 is 0 Å². The molecule has 1 aliphatic rings. The number of nitrogens with one attached hydrogen (secondary N) is 3. The van der Waals surface area contributed by atoms with Crippen molar-refractivity contribution in [2.75, 3.05) is 30.3 Å². The van der Waals surface area contributed by atoms with E-state index in [9.17, 15) is 13.5 Å². The van der Waals surface area contributed by atoms with Crippen LogP contribution in [0.5, 0.6) is 0 Å². The lowest BCUT2D eigenvalue weighted by atomic mass is 10.1. The molecule has 4 N–H and O–H groups in total. The van der Waals surface area contributed by atoms with Gasteiger partial charge in [-0.05, 0) is 26.7 Å². The number of anilines is 2. The first kappa shape index (κ1) is 22.7. The van der Waals surface area contributed by atoms with Gasteiger partial charge in [-0.1, -0.05) is 13.8 Å². The van der Waals surface area contributed by atoms with Crippen molar-refractivity contribution in [3.05, 3.63) is 6.33 Å². The van der Waals surface area contributed by atoms with Gasteiger partial charge in [0.05, 0.1) is 18.5 Å². The van der Waals surface area contributed by atoms with Crippen molar-refractivity contribution < 1.29 is 13.5 Å². The summed E-state index contributed by atoms with van der Waals surface area (Å²) < 4.78 is 30.4. The summed E-state index contributed by atoms with van der Waals surface area (Å²) in [7, 11) is -3.46. The molecule has 0 saturated carbocycles. The fraction of sp³-hybridized carbons (Fsp3) is 0.722. The first-order valence-corrected chi connectivity index (χ1v) is 11.9. The molecule has 2 aromatic rings. The van der Waals surface area contributed by atoms with E-state index in [0.29, 0.717) is 55.5 Å². The lowest BCUT2D eigenvalue weighted by Gasteiger charge is -2.21. The van der Waals surface area contributed by atoms with Crippen molar-refractivity contribution in [3.8, 4) is 0 Å². The van der Waals surface area contributed by atoms with Gasteiger partial charge >= 0.3 is 0 Å². The number of hydrogen-bond acceptors (Lipinski definition) is 8. The molecule has 30 heavy (non-hydrogen) atoms. The van der Waals surface area contributed by atoms with E-state index >= 15 is 0 Å². The van der Waals surface area contributed by atoms with Gasteiger partial charge < -0.3 is 20.3 Å². The number of aliphatic hydroxyl groups excluding tert-OH is 1. The van der Waals surface area contributed by atoms with E-state index in [1.165, 1.54) is 4.31 Å². The Hall–Kier alpha value is -2.02.